The number of nitrogens with zero attached hydrogens (tertiary/aromatic N) is 1. The molecule has 1 aromatic carbocycles. The maximum absolute atomic E-state index is 12.5. The van der Waals surface area contributed by atoms with Crippen LogP contribution in [0.4, 0.5) is 4.79 Å². The minimum Gasteiger partial charge on any atom is -0.336 e. The number of amides is 2. The van der Waals surface area contributed by atoms with Crippen molar-refractivity contribution < 1.29 is 4.79 Å². The van der Waals surface area contributed by atoms with E-state index in [0.29, 0.717) is 0 Å². The lowest BCUT2D eigenvalue weighted by Gasteiger charge is -2.46. The summed E-state index contributed by atoms with van der Waals surface area (Å²) >= 11 is 0. The monoisotopic (exact) mass is 286 g/mol. The highest BCUT2D eigenvalue weighted by Gasteiger charge is 2.41. The van der Waals surface area contributed by atoms with Crippen LogP contribution in [-0.2, 0) is 12.0 Å². The first-order valence-electron chi connectivity index (χ1n) is 8.25. The summed E-state index contributed by atoms with van der Waals surface area (Å²) in [5.74, 6) is 0. The molecule has 1 heterocycles. The van der Waals surface area contributed by atoms with E-state index < -0.39 is 0 Å². The molecular formula is C18H26N2O. The zero-order valence-corrected chi connectivity index (χ0v) is 13.2. The smallest absolute Gasteiger partial charge is 0.317 e. The molecule has 1 spiro atoms. The predicted molar refractivity (Wildman–Crippen MR) is 85.3 cm³/mol. The summed E-state index contributed by atoms with van der Waals surface area (Å²) < 4.78 is 0. The van der Waals surface area contributed by atoms with Gasteiger partial charge in [-0.2, -0.15) is 0 Å². The maximum atomic E-state index is 12.5. The largest absolute Gasteiger partial charge is 0.336 e. The van der Waals surface area contributed by atoms with E-state index in [-0.39, 0.29) is 17.5 Å². The highest BCUT2D eigenvalue weighted by atomic mass is 16.2. The number of carbonyl (C=O) groups is 1. The van der Waals surface area contributed by atoms with Crippen molar-refractivity contribution >= 4 is 6.03 Å². The van der Waals surface area contributed by atoms with E-state index in [2.05, 4.69) is 29.6 Å². The van der Waals surface area contributed by atoms with E-state index in [9.17, 15) is 4.79 Å². The van der Waals surface area contributed by atoms with Crippen LogP contribution in [-0.4, -0.2) is 23.5 Å². The molecule has 3 rings (SSSR count). The van der Waals surface area contributed by atoms with Gasteiger partial charge in [0, 0.05) is 24.5 Å². The second kappa shape index (κ2) is 5.70. The number of hydrogen-bond acceptors (Lipinski definition) is 1. The average Bonchev–Trinajstić information content (AvgIpc) is 2.47. The van der Waals surface area contributed by atoms with Crippen LogP contribution in [0.5, 0.6) is 0 Å². The molecule has 0 saturated heterocycles. The fourth-order valence-electron chi connectivity index (χ4n) is 4.03. The number of fused-ring (bicyclic) bond motifs is 2. The van der Waals surface area contributed by atoms with Crippen LogP contribution < -0.4 is 5.32 Å². The summed E-state index contributed by atoms with van der Waals surface area (Å²) in [5, 5.41) is 3.05. The van der Waals surface area contributed by atoms with Crippen LogP contribution in [0.1, 0.15) is 57.1 Å². The van der Waals surface area contributed by atoms with Crippen molar-refractivity contribution in [3.05, 3.63) is 35.4 Å². The highest BCUT2D eigenvalue weighted by molar-refractivity contribution is 5.75. The van der Waals surface area contributed by atoms with Gasteiger partial charge in [-0.05, 0) is 37.8 Å². The van der Waals surface area contributed by atoms with E-state index in [4.69, 9.17) is 0 Å². The van der Waals surface area contributed by atoms with Gasteiger partial charge in [-0.15, -0.1) is 0 Å². The van der Waals surface area contributed by atoms with Crippen LogP contribution in [0.3, 0.4) is 0 Å². The van der Waals surface area contributed by atoms with Gasteiger partial charge in [0.25, 0.3) is 0 Å². The SMILES string of the molecule is CC(C)NC(=O)N1Cc2ccccc2C2(CCCCC2)C1. The molecule has 21 heavy (non-hydrogen) atoms. The highest BCUT2D eigenvalue weighted by Crippen LogP contribution is 2.44. The number of rotatable bonds is 1. The first-order valence-corrected chi connectivity index (χ1v) is 8.25. The standard InChI is InChI=1S/C18H26N2O/c1-14(2)19-17(21)20-12-15-8-4-5-9-16(15)18(13-20)10-6-3-7-11-18/h4-5,8-9,14H,3,6-7,10-13H2,1-2H3,(H,19,21). The van der Waals surface area contributed by atoms with Crippen LogP contribution in [0, 0.1) is 0 Å². The van der Waals surface area contributed by atoms with Crippen molar-refractivity contribution in [1.29, 1.82) is 0 Å². The summed E-state index contributed by atoms with van der Waals surface area (Å²) in [6.45, 7) is 5.66. The lowest BCUT2D eigenvalue weighted by atomic mass is 9.66. The average molecular weight is 286 g/mol. The Morgan fingerprint density at radius 3 is 2.62 bits per heavy atom. The molecule has 1 N–H and O–H groups in total. The van der Waals surface area contributed by atoms with Crippen LogP contribution in [0.15, 0.2) is 24.3 Å². The quantitative estimate of drug-likeness (QED) is 0.836. The Labute approximate surface area is 127 Å². The summed E-state index contributed by atoms with van der Waals surface area (Å²) in [4.78, 5) is 14.5. The Morgan fingerprint density at radius 1 is 1.19 bits per heavy atom. The lowest BCUT2D eigenvalue weighted by molar-refractivity contribution is 0.144. The summed E-state index contributed by atoms with van der Waals surface area (Å²) in [5.41, 5.74) is 3.03. The van der Waals surface area contributed by atoms with E-state index in [0.717, 1.165) is 13.1 Å². The van der Waals surface area contributed by atoms with Crippen molar-refractivity contribution in [2.45, 2.75) is 64.0 Å². The van der Waals surface area contributed by atoms with Gasteiger partial charge in [-0.25, -0.2) is 4.79 Å². The predicted octanol–water partition coefficient (Wildman–Crippen LogP) is 3.82. The second-order valence-corrected chi connectivity index (χ2v) is 6.96. The minimum atomic E-state index is 0.0875. The molecule has 1 fully saturated rings. The Kier molecular flexibility index (Phi) is 3.92. The molecule has 0 unspecified atom stereocenters. The zero-order chi connectivity index (χ0) is 14.9. The molecule has 1 aliphatic heterocycles. The third kappa shape index (κ3) is 2.78. The Bertz CT molecular complexity index is 518. The molecule has 1 saturated carbocycles. The van der Waals surface area contributed by atoms with Gasteiger partial charge in [0.15, 0.2) is 0 Å². The van der Waals surface area contributed by atoms with Gasteiger partial charge in [-0.1, -0.05) is 43.5 Å². The van der Waals surface area contributed by atoms with Crippen molar-refractivity contribution in [3.8, 4) is 0 Å². The third-order valence-electron chi connectivity index (χ3n) is 4.95. The van der Waals surface area contributed by atoms with Crippen molar-refractivity contribution in [2.24, 2.45) is 0 Å². The summed E-state index contributed by atoms with van der Waals surface area (Å²) in [7, 11) is 0. The van der Waals surface area contributed by atoms with Crippen LogP contribution >= 0.6 is 0 Å². The van der Waals surface area contributed by atoms with Crippen molar-refractivity contribution in [3.63, 3.8) is 0 Å². The molecule has 3 nitrogen and oxygen atoms in total. The molecular weight excluding hydrogens is 260 g/mol. The summed E-state index contributed by atoms with van der Waals surface area (Å²) in [6.07, 6.45) is 6.34. The third-order valence-corrected chi connectivity index (χ3v) is 4.95. The molecule has 1 aromatic rings. The number of hydrogen-bond donors (Lipinski definition) is 1. The molecule has 114 valence electrons. The van der Waals surface area contributed by atoms with E-state index in [1.54, 1.807) is 0 Å². The van der Waals surface area contributed by atoms with Crippen molar-refractivity contribution in [1.82, 2.24) is 10.2 Å². The molecule has 0 radical (unpaired) electrons. The number of urea groups is 1. The Hall–Kier alpha value is -1.51. The molecule has 2 aliphatic rings. The first kappa shape index (κ1) is 14.4. The topological polar surface area (TPSA) is 32.3 Å². The Balaban J connectivity index is 1.91. The number of benzene rings is 1. The Morgan fingerprint density at radius 2 is 1.90 bits per heavy atom. The second-order valence-electron chi connectivity index (χ2n) is 6.96. The van der Waals surface area contributed by atoms with Crippen molar-refractivity contribution in [2.75, 3.05) is 6.54 Å². The van der Waals surface area contributed by atoms with E-state index >= 15 is 0 Å². The van der Waals surface area contributed by atoms with Gasteiger partial charge in [0.2, 0.25) is 0 Å². The minimum absolute atomic E-state index is 0.0875. The van der Waals surface area contributed by atoms with Gasteiger partial charge in [-0.3, -0.25) is 0 Å². The molecule has 2 amide bonds. The van der Waals surface area contributed by atoms with E-state index in [1.165, 1.54) is 43.2 Å². The summed E-state index contributed by atoms with van der Waals surface area (Å²) in [6, 6.07) is 9.01. The lowest BCUT2D eigenvalue weighted by Crippen LogP contribution is -2.52. The van der Waals surface area contributed by atoms with Gasteiger partial charge in [0.05, 0.1) is 0 Å². The molecule has 0 aromatic heterocycles. The molecule has 1 aliphatic carbocycles. The fraction of sp³-hybridized carbons (Fsp3) is 0.611. The van der Waals surface area contributed by atoms with Crippen LogP contribution in [0.25, 0.3) is 0 Å². The van der Waals surface area contributed by atoms with Gasteiger partial charge in [0.1, 0.15) is 0 Å². The fourth-order valence-corrected chi connectivity index (χ4v) is 4.03. The van der Waals surface area contributed by atoms with Gasteiger partial charge < -0.3 is 10.2 Å². The molecule has 0 bridgehead atoms. The van der Waals surface area contributed by atoms with E-state index in [1.807, 2.05) is 18.7 Å². The normalized spacial score (nSPS) is 20.4. The molecule has 0 atom stereocenters. The zero-order valence-electron chi connectivity index (χ0n) is 13.2. The number of nitrogens with one attached hydrogen (secondary N) is 1. The first-order chi connectivity index (χ1) is 10.1. The van der Waals surface area contributed by atoms with Gasteiger partial charge >= 0.3 is 6.03 Å². The van der Waals surface area contributed by atoms with Crippen LogP contribution in [0.2, 0.25) is 0 Å². The molecule has 3 heteroatoms. The maximum Gasteiger partial charge on any atom is 0.317 e. The number of carbonyl (C=O) groups excluding carboxylic acids is 1.